The molecule has 0 aromatic heterocycles. The molecule has 0 aliphatic heterocycles. The Morgan fingerprint density at radius 1 is 1.19 bits per heavy atom. The Hall–Kier alpha value is -1.91. The number of allylic oxidation sites excluding steroid dienone is 1. The lowest BCUT2D eigenvalue weighted by atomic mass is 9.95. The van der Waals surface area contributed by atoms with E-state index in [9.17, 15) is 14.4 Å². The van der Waals surface area contributed by atoms with Crippen molar-refractivity contribution in [2.75, 3.05) is 0 Å². The third-order valence-electron chi connectivity index (χ3n) is 1.92. The first-order chi connectivity index (χ1) is 7.33. The molecular formula is C11H12O5. The fourth-order valence-electron chi connectivity index (χ4n) is 1.32. The van der Waals surface area contributed by atoms with Gasteiger partial charge >= 0.3 is 11.9 Å². The summed E-state index contributed by atoms with van der Waals surface area (Å²) in [5.41, 5.74) is -1.40. The Kier molecular flexibility index (Phi) is 3.27. The summed E-state index contributed by atoms with van der Waals surface area (Å²) in [4.78, 5) is 33.1. The van der Waals surface area contributed by atoms with Gasteiger partial charge < -0.3 is 9.47 Å². The van der Waals surface area contributed by atoms with Crippen LogP contribution in [0.5, 0.6) is 0 Å². The molecule has 0 heterocycles. The Balaban J connectivity index is 2.95. The molecule has 0 aromatic carbocycles. The highest BCUT2D eigenvalue weighted by Crippen LogP contribution is 2.23. The fourth-order valence-corrected chi connectivity index (χ4v) is 1.32. The first-order valence-electron chi connectivity index (χ1n) is 4.67. The van der Waals surface area contributed by atoms with Crippen molar-refractivity contribution in [2.45, 2.75) is 26.4 Å². The Labute approximate surface area is 92.7 Å². The number of rotatable bonds is 2. The molecule has 1 aliphatic rings. The summed E-state index contributed by atoms with van der Waals surface area (Å²) < 4.78 is 9.70. The van der Waals surface area contributed by atoms with Gasteiger partial charge in [0.2, 0.25) is 5.78 Å². The number of hydrogen-bond acceptors (Lipinski definition) is 5. The van der Waals surface area contributed by atoms with E-state index in [4.69, 9.17) is 9.47 Å². The van der Waals surface area contributed by atoms with E-state index in [1.807, 2.05) is 0 Å². The van der Waals surface area contributed by atoms with E-state index in [2.05, 4.69) is 0 Å². The zero-order chi connectivity index (χ0) is 12.3. The molecule has 0 fully saturated rings. The van der Waals surface area contributed by atoms with E-state index in [0.717, 1.165) is 0 Å². The van der Waals surface area contributed by atoms with E-state index < -0.39 is 17.5 Å². The molecule has 1 rings (SSSR count). The summed E-state index contributed by atoms with van der Waals surface area (Å²) in [6, 6.07) is 0. The summed E-state index contributed by atoms with van der Waals surface area (Å²) in [6.45, 7) is 3.88. The largest absolute Gasteiger partial charge is 0.447 e. The van der Waals surface area contributed by atoms with Gasteiger partial charge in [-0.05, 0) is 19.1 Å². The molecule has 0 saturated heterocycles. The van der Waals surface area contributed by atoms with Crippen LogP contribution in [0.2, 0.25) is 0 Å². The van der Waals surface area contributed by atoms with Gasteiger partial charge in [0.05, 0.1) is 0 Å². The molecule has 1 atom stereocenters. The molecule has 86 valence electrons. The Bertz CT molecular complexity index is 405. The highest BCUT2D eigenvalue weighted by molar-refractivity contribution is 6.01. The predicted molar refractivity (Wildman–Crippen MR) is 54.2 cm³/mol. The minimum Gasteiger partial charge on any atom is -0.447 e. The van der Waals surface area contributed by atoms with Gasteiger partial charge in [-0.1, -0.05) is 0 Å². The van der Waals surface area contributed by atoms with Crippen LogP contribution < -0.4 is 0 Å². The zero-order valence-electron chi connectivity index (χ0n) is 9.27. The van der Waals surface area contributed by atoms with Crippen LogP contribution >= 0.6 is 0 Å². The van der Waals surface area contributed by atoms with Crippen molar-refractivity contribution in [1.82, 2.24) is 0 Å². The van der Waals surface area contributed by atoms with E-state index in [-0.39, 0.29) is 11.5 Å². The summed E-state index contributed by atoms with van der Waals surface area (Å²) in [5.74, 6) is -1.27. The van der Waals surface area contributed by atoms with Crippen LogP contribution in [0.3, 0.4) is 0 Å². The van der Waals surface area contributed by atoms with E-state index in [1.165, 1.54) is 39.0 Å². The quantitative estimate of drug-likeness (QED) is 0.651. The fraction of sp³-hybridized carbons (Fsp3) is 0.364. The number of hydrogen-bond donors (Lipinski definition) is 0. The molecule has 0 saturated carbocycles. The predicted octanol–water partition coefficient (Wildman–Crippen LogP) is 0.894. The van der Waals surface area contributed by atoms with Crippen molar-refractivity contribution in [3.8, 4) is 0 Å². The summed E-state index contributed by atoms with van der Waals surface area (Å²) >= 11 is 0. The van der Waals surface area contributed by atoms with Gasteiger partial charge in [0, 0.05) is 19.9 Å². The molecule has 0 N–H and O–H groups in total. The van der Waals surface area contributed by atoms with Crippen LogP contribution in [0.15, 0.2) is 24.0 Å². The highest BCUT2D eigenvalue weighted by atomic mass is 16.6. The second-order valence-corrected chi connectivity index (χ2v) is 3.54. The summed E-state index contributed by atoms with van der Waals surface area (Å²) in [6.07, 6.45) is 3.87. The highest BCUT2D eigenvalue weighted by Gasteiger charge is 2.35. The number of ketones is 1. The van der Waals surface area contributed by atoms with Crippen molar-refractivity contribution in [3.63, 3.8) is 0 Å². The lowest BCUT2D eigenvalue weighted by Crippen LogP contribution is -2.38. The van der Waals surface area contributed by atoms with E-state index >= 15 is 0 Å². The van der Waals surface area contributed by atoms with Crippen molar-refractivity contribution >= 4 is 17.7 Å². The second kappa shape index (κ2) is 4.30. The van der Waals surface area contributed by atoms with Gasteiger partial charge in [-0.2, -0.15) is 0 Å². The molecule has 0 amide bonds. The second-order valence-electron chi connectivity index (χ2n) is 3.54. The van der Waals surface area contributed by atoms with Crippen molar-refractivity contribution in [1.29, 1.82) is 0 Å². The van der Waals surface area contributed by atoms with Crippen LogP contribution in [-0.2, 0) is 23.9 Å². The maximum Gasteiger partial charge on any atom is 0.308 e. The Morgan fingerprint density at radius 2 is 1.81 bits per heavy atom. The van der Waals surface area contributed by atoms with Gasteiger partial charge in [0.25, 0.3) is 0 Å². The smallest absolute Gasteiger partial charge is 0.308 e. The number of esters is 2. The molecule has 0 aromatic rings. The van der Waals surface area contributed by atoms with Crippen molar-refractivity contribution in [2.24, 2.45) is 0 Å². The average Bonchev–Trinajstić information content (AvgIpc) is 2.09. The number of carbonyl (C=O) groups is 3. The van der Waals surface area contributed by atoms with Crippen LogP contribution in [0.1, 0.15) is 20.8 Å². The van der Waals surface area contributed by atoms with E-state index in [1.54, 1.807) is 0 Å². The maximum atomic E-state index is 11.5. The van der Waals surface area contributed by atoms with Crippen LogP contribution in [0.25, 0.3) is 0 Å². The van der Waals surface area contributed by atoms with Crippen LogP contribution in [0, 0.1) is 0 Å². The third-order valence-corrected chi connectivity index (χ3v) is 1.92. The molecule has 5 heteroatoms. The minimum atomic E-state index is -1.40. The van der Waals surface area contributed by atoms with Crippen LogP contribution in [0.4, 0.5) is 0 Å². The zero-order valence-corrected chi connectivity index (χ0v) is 9.27. The number of carbonyl (C=O) groups excluding carboxylic acids is 3. The molecule has 0 bridgehead atoms. The monoisotopic (exact) mass is 224 g/mol. The minimum absolute atomic E-state index is 0.191. The third kappa shape index (κ3) is 2.79. The van der Waals surface area contributed by atoms with E-state index in [0.29, 0.717) is 0 Å². The summed E-state index contributed by atoms with van der Waals surface area (Å²) in [7, 11) is 0. The van der Waals surface area contributed by atoms with Gasteiger partial charge in [-0.3, -0.25) is 14.4 Å². The maximum absolute atomic E-state index is 11.5. The molecule has 0 spiro atoms. The average molecular weight is 224 g/mol. The van der Waals surface area contributed by atoms with Gasteiger partial charge in [-0.25, -0.2) is 0 Å². The standard InChI is InChI=1S/C11H12O5/c1-7(12)15-9-4-5-10(14)11(3,6-9)16-8(2)13/h4-6H,1-3H3. The first kappa shape index (κ1) is 12.2. The lowest BCUT2D eigenvalue weighted by molar-refractivity contribution is -0.157. The lowest BCUT2D eigenvalue weighted by Gasteiger charge is -2.25. The van der Waals surface area contributed by atoms with Crippen molar-refractivity contribution < 1.29 is 23.9 Å². The number of ether oxygens (including phenoxy) is 2. The summed E-state index contributed by atoms with van der Waals surface area (Å²) in [5, 5.41) is 0. The molecule has 0 radical (unpaired) electrons. The van der Waals surface area contributed by atoms with Crippen molar-refractivity contribution in [3.05, 3.63) is 24.0 Å². The first-order valence-corrected chi connectivity index (χ1v) is 4.67. The SMILES string of the molecule is CC(=O)OC1=CC(C)(OC(C)=O)C(=O)C=C1. The molecule has 16 heavy (non-hydrogen) atoms. The molecule has 5 nitrogen and oxygen atoms in total. The van der Waals surface area contributed by atoms with Gasteiger partial charge in [-0.15, -0.1) is 0 Å². The molecular weight excluding hydrogens is 212 g/mol. The van der Waals surface area contributed by atoms with Gasteiger partial charge in [0.1, 0.15) is 5.76 Å². The Morgan fingerprint density at radius 3 is 2.31 bits per heavy atom. The molecule has 1 aliphatic carbocycles. The van der Waals surface area contributed by atoms with Crippen LogP contribution in [-0.4, -0.2) is 23.3 Å². The molecule has 1 unspecified atom stereocenters. The topological polar surface area (TPSA) is 69.7 Å². The van der Waals surface area contributed by atoms with Gasteiger partial charge in [0.15, 0.2) is 5.60 Å². The normalized spacial score (nSPS) is 23.7.